The molecule has 116 valence electrons. The number of carbonyl (C=O) groups excluding carboxylic acids is 2. The molecule has 0 radical (unpaired) electrons. The van der Waals surface area contributed by atoms with Crippen molar-refractivity contribution >= 4 is 23.6 Å². The maximum absolute atomic E-state index is 11.7. The van der Waals surface area contributed by atoms with Gasteiger partial charge in [0.2, 0.25) is 17.0 Å². The standard InChI is InChI=1S/C15H18N4O2S/c1-10(2)14-17-15(19-18-14)22-9-13(21)16-12(20)8-11-6-4-3-5-7-11/h3-7,10H,8-9H2,1-2H3,(H,16,20,21)(H,17,18,19). The second-order valence-electron chi connectivity index (χ2n) is 5.08. The first-order valence-electron chi connectivity index (χ1n) is 6.96. The van der Waals surface area contributed by atoms with Gasteiger partial charge in [-0.25, -0.2) is 4.98 Å². The van der Waals surface area contributed by atoms with Crippen LogP contribution in [0, 0.1) is 0 Å². The zero-order valence-corrected chi connectivity index (χ0v) is 13.3. The zero-order chi connectivity index (χ0) is 15.9. The highest BCUT2D eigenvalue weighted by Crippen LogP contribution is 2.15. The minimum Gasteiger partial charge on any atom is -0.295 e. The number of amides is 2. The van der Waals surface area contributed by atoms with E-state index in [4.69, 9.17) is 0 Å². The third-order valence-corrected chi connectivity index (χ3v) is 3.70. The second kappa shape index (κ2) is 7.74. The summed E-state index contributed by atoms with van der Waals surface area (Å²) in [4.78, 5) is 27.7. The number of nitrogens with zero attached hydrogens (tertiary/aromatic N) is 2. The van der Waals surface area contributed by atoms with Crippen molar-refractivity contribution in [3.8, 4) is 0 Å². The number of nitrogens with one attached hydrogen (secondary N) is 2. The number of hydrogen-bond acceptors (Lipinski definition) is 5. The van der Waals surface area contributed by atoms with Gasteiger partial charge in [-0.15, -0.1) is 5.10 Å². The van der Waals surface area contributed by atoms with Gasteiger partial charge in [-0.05, 0) is 5.56 Å². The summed E-state index contributed by atoms with van der Waals surface area (Å²) in [5.41, 5.74) is 0.871. The lowest BCUT2D eigenvalue weighted by Crippen LogP contribution is -2.33. The van der Waals surface area contributed by atoms with E-state index in [0.29, 0.717) is 5.16 Å². The quantitative estimate of drug-likeness (QED) is 0.794. The molecule has 2 amide bonds. The van der Waals surface area contributed by atoms with Crippen LogP contribution in [-0.2, 0) is 16.0 Å². The van der Waals surface area contributed by atoms with E-state index in [1.807, 2.05) is 44.2 Å². The van der Waals surface area contributed by atoms with Gasteiger partial charge in [0.15, 0.2) is 0 Å². The third kappa shape index (κ3) is 5.00. The van der Waals surface area contributed by atoms with E-state index in [9.17, 15) is 9.59 Å². The minimum absolute atomic E-state index is 0.107. The van der Waals surface area contributed by atoms with Gasteiger partial charge in [0.05, 0.1) is 12.2 Å². The highest BCUT2D eigenvalue weighted by molar-refractivity contribution is 7.99. The SMILES string of the molecule is CC(C)c1nc(SCC(=O)NC(=O)Cc2ccccc2)n[nH]1. The maximum Gasteiger partial charge on any atom is 0.237 e. The molecule has 0 atom stereocenters. The summed E-state index contributed by atoms with van der Waals surface area (Å²) in [5.74, 6) is 0.485. The van der Waals surface area contributed by atoms with E-state index in [1.54, 1.807) is 0 Å². The first kappa shape index (κ1) is 16.2. The van der Waals surface area contributed by atoms with Crippen LogP contribution in [0.2, 0.25) is 0 Å². The molecule has 2 N–H and O–H groups in total. The number of aromatic amines is 1. The fourth-order valence-corrected chi connectivity index (χ4v) is 2.33. The highest BCUT2D eigenvalue weighted by atomic mass is 32.2. The van der Waals surface area contributed by atoms with Crippen molar-refractivity contribution in [2.24, 2.45) is 0 Å². The minimum atomic E-state index is -0.346. The van der Waals surface area contributed by atoms with Crippen molar-refractivity contribution in [2.75, 3.05) is 5.75 Å². The molecule has 1 aromatic heterocycles. The van der Waals surface area contributed by atoms with Gasteiger partial charge in [0.1, 0.15) is 5.82 Å². The van der Waals surface area contributed by atoms with E-state index >= 15 is 0 Å². The van der Waals surface area contributed by atoms with Crippen LogP contribution >= 0.6 is 11.8 Å². The predicted molar refractivity (Wildman–Crippen MR) is 84.5 cm³/mol. The van der Waals surface area contributed by atoms with Crippen molar-refractivity contribution in [2.45, 2.75) is 31.3 Å². The van der Waals surface area contributed by atoms with Gasteiger partial charge in [-0.3, -0.25) is 20.0 Å². The Morgan fingerprint density at radius 3 is 2.59 bits per heavy atom. The molecule has 22 heavy (non-hydrogen) atoms. The number of thioether (sulfide) groups is 1. The lowest BCUT2D eigenvalue weighted by atomic mass is 10.1. The Balaban J connectivity index is 1.76. The molecule has 2 rings (SSSR count). The van der Waals surface area contributed by atoms with E-state index in [2.05, 4.69) is 20.5 Å². The number of imide groups is 1. The molecular formula is C15H18N4O2S. The molecule has 0 bridgehead atoms. The molecule has 0 fully saturated rings. The van der Waals surface area contributed by atoms with Crippen LogP contribution < -0.4 is 5.32 Å². The predicted octanol–water partition coefficient (Wildman–Crippen LogP) is 1.91. The Morgan fingerprint density at radius 2 is 1.95 bits per heavy atom. The van der Waals surface area contributed by atoms with Crippen LogP contribution in [0.5, 0.6) is 0 Å². The molecule has 0 aliphatic carbocycles. The van der Waals surface area contributed by atoms with Gasteiger partial charge in [-0.2, -0.15) is 0 Å². The molecule has 0 saturated heterocycles. The molecule has 0 aliphatic rings. The normalized spacial score (nSPS) is 10.7. The summed E-state index contributed by atoms with van der Waals surface area (Å²) < 4.78 is 0. The summed E-state index contributed by atoms with van der Waals surface area (Å²) in [6, 6.07) is 9.29. The molecule has 1 aromatic carbocycles. The molecule has 1 heterocycles. The van der Waals surface area contributed by atoms with Crippen LogP contribution in [0.15, 0.2) is 35.5 Å². The number of carbonyl (C=O) groups is 2. The van der Waals surface area contributed by atoms with E-state index in [1.165, 1.54) is 11.8 Å². The lowest BCUT2D eigenvalue weighted by Gasteiger charge is -2.03. The molecular weight excluding hydrogens is 300 g/mol. The summed E-state index contributed by atoms with van der Waals surface area (Å²) in [6.07, 6.45) is 0.190. The molecule has 0 spiro atoms. The summed E-state index contributed by atoms with van der Waals surface area (Å²) in [5, 5.41) is 9.71. The monoisotopic (exact) mass is 318 g/mol. The lowest BCUT2D eigenvalue weighted by molar-refractivity contribution is -0.128. The summed E-state index contributed by atoms with van der Waals surface area (Å²) in [7, 11) is 0. The van der Waals surface area contributed by atoms with Crippen molar-refractivity contribution in [1.82, 2.24) is 20.5 Å². The fraction of sp³-hybridized carbons (Fsp3) is 0.333. The first-order valence-corrected chi connectivity index (χ1v) is 7.95. The second-order valence-corrected chi connectivity index (χ2v) is 6.02. The first-order chi connectivity index (χ1) is 10.5. The number of H-pyrrole nitrogens is 1. The third-order valence-electron chi connectivity index (χ3n) is 2.85. The van der Waals surface area contributed by atoms with Gasteiger partial charge in [0.25, 0.3) is 0 Å². The number of benzene rings is 1. The Hall–Kier alpha value is -2.15. The number of rotatable bonds is 6. The zero-order valence-electron chi connectivity index (χ0n) is 12.5. The van der Waals surface area contributed by atoms with E-state index < -0.39 is 0 Å². The number of aromatic nitrogens is 3. The van der Waals surface area contributed by atoms with Crippen molar-refractivity contribution < 1.29 is 9.59 Å². The fourth-order valence-electron chi connectivity index (χ4n) is 1.73. The van der Waals surface area contributed by atoms with Gasteiger partial charge in [-0.1, -0.05) is 55.9 Å². The maximum atomic E-state index is 11.7. The van der Waals surface area contributed by atoms with Gasteiger partial charge < -0.3 is 0 Å². The molecule has 6 nitrogen and oxygen atoms in total. The van der Waals surface area contributed by atoms with Crippen LogP contribution in [0.25, 0.3) is 0 Å². The van der Waals surface area contributed by atoms with Crippen molar-refractivity contribution in [1.29, 1.82) is 0 Å². The molecule has 7 heteroatoms. The highest BCUT2D eigenvalue weighted by Gasteiger charge is 2.12. The average molecular weight is 318 g/mol. The number of hydrogen-bond donors (Lipinski definition) is 2. The topological polar surface area (TPSA) is 87.7 Å². The summed E-state index contributed by atoms with van der Waals surface area (Å²) in [6.45, 7) is 4.01. The Morgan fingerprint density at radius 1 is 1.23 bits per heavy atom. The Labute approximate surface area is 133 Å². The van der Waals surface area contributed by atoms with Crippen LogP contribution in [-0.4, -0.2) is 32.7 Å². The van der Waals surface area contributed by atoms with Crippen LogP contribution in [0.1, 0.15) is 31.2 Å². The van der Waals surface area contributed by atoms with Crippen molar-refractivity contribution in [3.63, 3.8) is 0 Å². The van der Waals surface area contributed by atoms with Crippen LogP contribution in [0.4, 0.5) is 0 Å². The molecule has 2 aromatic rings. The molecule has 0 aliphatic heterocycles. The summed E-state index contributed by atoms with van der Waals surface area (Å²) >= 11 is 1.20. The Bertz CT molecular complexity index is 640. The van der Waals surface area contributed by atoms with Crippen molar-refractivity contribution in [3.05, 3.63) is 41.7 Å². The van der Waals surface area contributed by atoms with E-state index in [0.717, 1.165) is 11.4 Å². The van der Waals surface area contributed by atoms with E-state index in [-0.39, 0.29) is 29.9 Å². The smallest absolute Gasteiger partial charge is 0.237 e. The van der Waals surface area contributed by atoms with Gasteiger partial charge in [0, 0.05) is 5.92 Å². The van der Waals surface area contributed by atoms with Gasteiger partial charge >= 0.3 is 0 Å². The molecule has 0 unspecified atom stereocenters. The largest absolute Gasteiger partial charge is 0.295 e. The molecule has 0 saturated carbocycles. The van der Waals surface area contributed by atoms with Crippen LogP contribution in [0.3, 0.4) is 0 Å². The Kier molecular flexibility index (Phi) is 5.71. The average Bonchev–Trinajstić information content (AvgIpc) is 2.95.